The van der Waals surface area contributed by atoms with E-state index in [0.29, 0.717) is 5.30 Å². The highest BCUT2D eigenvalue weighted by Crippen LogP contribution is 2.15. The molecule has 0 heterocycles. The maximum atomic E-state index is 10.7. The van der Waals surface area contributed by atoms with E-state index < -0.39 is 8.03 Å². The van der Waals surface area contributed by atoms with Crippen LogP contribution in [-0.2, 0) is 4.57 Å². The van der Waals surface area contributed by atoms with Gasteiger partial charge in [0.15, 0.2) is 5.30 Å². The van der Waals surface area contributed by atoms with Crippen molar-refractivity contribution >= 4 is 24.1 Å². The molecule has 13 heavy (non-hydrogen) atoms. The van der Waals surface area contributed by atoms with Crippen molar-refractivity contribution in [1.29, 1.82) is 0 Å². The first-order valence-electron chi connectivity index (χ1n) is 3.90. The Labute approximate surface area is 76.7 Å². The van der Waals surface area contributed by atoms with E-state index in [-0.39, 0.29) is 0 Å². The maximum Gasteiger partial charge on any atom is 0.348 e. The van der Waals surface area contributed by atoms with E-state index in [1.807, 2.05) is 30.3 Å². The molecule has 2 aromatic carbocycles. The summed E-state index contributed by atoms with van der Waals surface area (Å²) in [5, 5.41) is 2.39. The normalized spacial score (nSPS) is 11.6. The molecule has 1 unspecified atom stereocenters. The van der Waals surface area contributed by atoms with Crippen LogP contribution in [0.4, 0.5) is 0 Å². The Morgan fingerprint density at radius 2 is 1.69 bits per heavy atom. The summed E-state index contributed by atoms with van der Waals surface area (Å²) in [5.74, 6) is 0. The van der Waals surface area contributed by atoms with Gasteiger partial charge in [0.2, 0.25) is 0 Å². The van der Waals surface area contributed by atoms with Gasteiger partial charge in [-0.15, -0.1) is 0 Å². The summed E-state index contributed by atoms with van der Waals surface area (Å²) in [6.07, 6.45) is 0. The average Bonchev–Trinajstić information content (AvgIpc) is 2.17. The minimum absolute atomic E-state index is 0.369. The van der Waals surface area contributed by atoms with Gasteiger partial charge in [-0.1, -0.05) is 28.8 Å². The zero-order valence-electron chi connectivity index (χ0n) is 6.81. The van der Waals surface area contributed by atoms with Crippen molar-refractivity contribution in [2.24, 2.45) is 0 Å². The van der Waals surface area contributed by atoms with Crippen LogP contribution >= 0.6 is 8.03 Å². The summed E-state index contributed by atoms with van der Waals surface area (Å²) in [4.78, 5) is 10.7. The van der Waals surface area contributed by atoms with Crippen LogP contribution in [0, 0.1) is 0 Å². The van der Waals surface area contributed by atoms with Crippen LogP contribution in [0.2, 0.25) is 0 Å². The smallest absolute Gasteiger partial charge is 0.348 e. The minimum atomic E-state index is -2.47. The lowest BCUT2D eigenvalue weighted by atomic mass is 10.1. The number of fused-ring (bicyclic) bond motifs is 1. The van der Waals surface area contributed by atoms with Gasteiger partial charge in [-0.25, -0.2) is 0 Å². The van der Waals surface area contributed by atoms with Crippen molar-refractivity contribution in [2.45, 2.75) is 0 Å². The first kappa shape index (κ1) is 8.36. The summed E-state index contributed by atoms with van der Waals surface area (Å²) in [6, 6.07) is 12.8. The predicted octanol–water partition coefficient (Wildman–Crippen LogP) is 1.57. The predicted molar refractivity (Wildman–Crippen MR) is 51.2 cm³/mol. The third-order valence-corrected chi connectivity index (χ3v) is 2.64. The largest absolute Gasteiger partial charge is 0.591 e. The Hall–Kier alpha value is -1.24. The maximum absolute atomic E-state index is 10.7. The van der Waals surface area contributed by atoms with E-state index in [0.717, 1.165) is 10.8 Å². The molecular formula is C10H7O2P. The topological polar surface area (TPSA) is 40.1 Å². The molecule has 0 bridgehead atoms. The molecule has 2 aromatic rings. The molecule has 0 aliphatic rings. The highest BCUT2D eigenvalue weighted by molar-refractivity contribution is 7.45. The Kier molecular flexibility index (Phi) is 2.09. The van der Waals surface area contributed by atoms with Gasteiger partial charge in [-0.2, -0.15) is 0 Å². The van der Waals surface area contributed by atoms with Crippen LogP contribution in [0.1, 0.15) is 0 Å². The van der Waals surface area contributed by atoms with Crippen molar-refractivity contribution in [1.82, 2.24) is 0 Å². The van der Waals surface area contributed by atoms with Crippen molar-refractivity contribution in [3.63, 3.8) is 0 Å². The fraction of sp³-hybridized carbons (Fsp3) is 0. The molecule has 0 aliphatic carbocycles. The van der Waals surface area contributed by atoms with Crippen molar-refractivity contribution in [3.8, 4) is 0 Å². The van der Waals surface area contributed by atoms with Gasteiger partial charge in [0.05, 0.1) is 0 Å². The van der Waals surface area contributed by atoms with E-state index in [1.54, 1.807) is 12.1 Å². The van der Waals surface area contributed by atoms with E-state index in [4.69, 9.17) is 0 Å². The molecule has 0 radical (unpaired) electrons. The highest BCUT2D eigenvalue weighted by atomic mass is 31.1. The molecule has 0 aliphatic heterocycles. The Balaban J connectivity index is 2.69. The lowest BCUT2D eigenvalue weighted by molar-refractivity contribution is -0.160. The summed E-state index contributed by atoms with van der Waals surface area (Å²) < 4.78 is 10.7. The molecule has 2 rings (SSSR count). The zero-order valence-corrected chi connectivity index (χ0v) is 7.70. The second-order valence-corrected chi connectivity index (χ2v) is 3.82. The molecule has 0 fully saturated rings. The molecule has 0 amide bonds. The summed E-state index contributed by atoms with van der Waals surface area (Å²) in [5.41, 5.74) is 0. The van der Waals surface area contributed by atoms with Crippen molar-refractivity contribution < 1.29 is 9.46 Å². The van der Waals surface area contributed by atoms with Gasteiger partial charge in [0.25, 0.3) is 0 Å². The molecule has 0 saturated heterocycles. The van der Waals surface area contributed by atoms with E-state index in [9.17, 15) is 9.46 Å². The second kappa shape index (κ2) is 3.25. The average molecular weight is 190 g/mol. The van der Waals surface area contributed by atoms with Gasteiger partial charge in [-0.05, 0) is 29.0 Å². The first-order chi connectivity index (χ1) is 6.27. The molecule has 0 aromatic heterocycles. The van der Waals surface area contributed by atoms with Gasteiger partial charge in [0, 0.05) is 0 Å². The number of benzene rings is 2. The number of hydrogen-bond acceptors (Lipinski definition) is 2. The molecule has 0 saturated carbocycles. The Morgan fingerprint density at radius 1 is 1.00 bits per heavy atom. The van der Waals surface area contributed by atoms with Crippen molar-refractivity contribution in [3.05, 3.63) is 42.5 Å². The quantitative estimate of drug-likeness (QED) is 0.640. The molecule has 0 N–H and O–H groups in total. The standard InChI is InChI=1S/C10H7O2P/c11-13(12)10-6-5-8-3-1-2-4-9(8)7-10/h1-7H. The third-order valence-electron chi connectivity index (χ3n) is 1.94. The minimum Gasteiger partial charge on any atom is -0.591 e. The SMILES string of the molecule is O=[P+]([O-])c1ccc2ccccc2c1. The number of hydrogen-bond donors (Lipinski definition) is 0. The van der Waals surface area contributed by atoms with Gasteiger partial charge in [0.1, 0.15) is 0 Å². The second-order valence-electron chi connectivity index (χ2n) is 2.79. The molecular weight excluding hydrogens is 183 g/mol. The summed E-state index contributed by atoms with van der Waals surface area (Å²) >= 11 is 0. The fourth-order valence-corrected chi connectivity index (χ4v) is 1.73. The Morgan fingerprint density at radius 3 is 2.38 bits per heavy atom. The molecule has 3 heteroatoms. The third kappa shape index (κ3) is 1.59. The lowest BCUT2D eigenvalue weighted by Crippen LogP contribution is -2.03. The van der Waals surface area contributed by atoms with Crippen LogP contribution < -0.4 is 10.2 Å². The molecule has 1 atom stereocenters. The van der Waals surface area contributed by atoms with Crippen LogP contribution in [0.15, 0.2) is 42.5 Å². The Bertz CT molecular complexity index is 465. The number of rotatable bonds is 1. The van der Waals surface area contributed by atoms with Gasteiger partial charge < -0.3 is 4.89 Å². The van der Waals surface area contributed by atoms with E-state index >= 15 is 0 Å². The van der Waals surface area contributed by atoms with Crippen LogP contribution in [0.25, 0.3) is 10.8 Å². The first-order valence-corrected chi connectivity index (χ1v) is 5.08. The lowest BCUT2D eigenvalue weighted by Gasteiger charge is -1.95. The summed E-state index contributed by atoms with van der Waals surface area (Å²) in [6.45, 7) is 0. The van der Waals surface area contributed by atoms with Gasteiger partial charge in [-0.3, -0.25) is 0 Å². The van der Waals surface area contributed by atoms with E-state index in [2.05, 4.69) is 0 Å². The fourth-order valence-electron chi connectivity index (χ4n) is 1.29. The molecule has 0 spiro atoms. The van der Waals surface area contributed by atoms with E-state index in [1.165, 1.54) is 0 Å². The highest BCUT2D eigenvalue weighted by Gasteiger charge is 2.06. The van der Waals surface area contributed by atoms with Crippen LogP contribution in [0.3, 0.4) is 0 Å². The molecule has 64 valence electrons. The summed E-state index contributed by atoms with van der Waals surface area (Å²) in [7, 11) is -2.47. The van der Waals surface area contributed by atoms with Gasteiger partial charge >= 0.3 is 8.03 Å². The van der Waals surface area contributed by atoms with Crippen LogP contribution in [0.5, 0.6) is 0 Å². The van der Waals surface area contributed by atoms with Crippen LogP contribution in [-0.4, -0.2) is 0 Å². The zero-order chi connectivity index (χ0) is 9.26. The monoisotopic (exact) mass is 190 g/mol. The molecule has 2 nitrogen and oxygen atoms in total. The van der Waals surface area contributed by atoms with Crippen molar-refractivity contribution in [2.75, 3.05) is 0 Å².